The largest absolute Gasteiger partial charge is 0.322 e. The number of carbonyl (C=O) groups is 1. The summed E-state index contributed by atoms with van der Waals surface area (Å²) in [5.74, 6) is 0. The molecule has 25 heavy (non-hydrogen) atoms. The zero-order chi connectivity index (χ0) is 17.8. The molecule has 0 bridgehead atoms. The Morgan fingerprint density at radius 3 is 2.44 bits per heavy atom. The Labute approximate surface area is 151 Å². The molecule has 0 aromatic heterocycles. The van der Waals surface area contributed by atoms with Crippen LogP contribution in [0.3, 0.4) is 0 Å². The third-order valence-corrected chi connectivity index (χ3v) is 5.11. The number of benzene rings is 2. The smallest absolute Gasteiger partial charge is 0.317 e. The minimum Gasteiger partial charge on any atom is -0.317 e. The van der Waals surface area contributed by atoms with Crippen molar-refractivity contribution in [1.29, 1.82) is 0 Å². The molecular formula is C22H28N2O. The van der Waals surface area contributed by atoms with Gasteiger partial charge in [-0.25, -0.2) is 4.79 Å². The average molecular weight is 336 g/mol. The number of urea groups is 1. The molecule has 132 valence electrons. The summed E-state index contributed by atoms with van der Waals surface area (Å²) in [4.78, 5) is 15.1. The maximum atomic E-state index is 13.0. The zero-order valence-corrected chi connectivity index (χ0v) is 15.5. The number of hydrogen-bond acceptors (Lipinski definition) is 1. The van der Waals surface area contributed by atoms with Gasteiger partial charge in [0.25, 0.3) is 0 Å². The number of carbonyl (C=O) groups excluding carboxylic acids is 1. The lowest BCUT2D eigenvalue weighted by Crippen LogP contribution is -2.38. The van der Waals surface area contributed by atoms with E-state index in [-0.39, 0.29) is 12.1 Å². The van der Waals surface area contributed by atoms with Gasteiger partial charge in [-0.3, -0.25) is 0 Å². The molecule has 0 aliphatic carbocycles. The minimum absolute atomic E-state index is 0.0150. The molecule has 0 radical (unpaired) electrons. The van der Waals surface area contributed by atoms with E-state index in [4.69, 9.17) is 0 Å². The van der Waals surface area contributed by atoms with E-state index in [1.807, 2.05) is 17.9 Å². The van der Waals surface area contributed by atoms with Crippen LogP contribution in [0.2, 0.25) is 0 Å². The van der Waals surface area contributed by atoms with Crippen LogP contribution in [-0.4, -0.2) is 17.5 Å². The van der Waals surface area contributed by atoms with Crippen molar-refractivity contribution in [2.75, 3.05) is 11.9 Å². The summed E-state index contributed by atoms with van der Waals surface area (Å²) in [7, 11) is 0. The highest BCUT2D eigenvalue weighted by Gasteiger charge is 2.27. The van der Waals surface area contributed by atoms with Crippen LogP contribution in [0.1, 0.15) is 54.0 Å². The van der Waals surface area contributed by atoms with E-state index < -0.39 is 0 Å². The number of likely N-dealkylation sites (tertiary alicyclic amines) is 1. The standard InChI is InChI=1S/C22H28N2O/c1-16-9-12-19(13-10-16)21-7-5-4-6-14-24(21)22(25)23-20-15-17(2)8-11-18(20)3/h8-13,15,21H,4-7,14H2,1-3H3,(H,23,25)/t21-/m1/s1. The Morgan fingerprint density at radius 2 is 1.68 bits per heavy atom. The highest BCUT2D eigenvalue weighted by atomic mass is 16.2. The summed E-state index contributed by atoms with van der Waals surface area (Å²) in [6.45, 7) is 7.00. The van der Waals surface area contributed by atoms with E-state index in [1.165, 1.54) is 24.0 Å². The topological polar surface area (TPSA) is 32.3 Å². The fraction of sp³-hybridized carbons (Fsp3) is 0.409. The van der Waals surface area contributed by atoms with Gasteiger partial charge in [0, 0.05) is 12.2 Å². The lowest BCUT2D eigenvalue weighted by Gasteiger charge is -2.31. The zero-order valence-electron chi connectivity index (χ0n) is 15.5. The predicted octanol–water partition coefficient (Wildman–Crippen LogP) is 5.76. The van der Waals surface area contributed by atoms with Crippen LogP contribution < -0.4 is 5.32 Å². The van der Waals surface area contributed by atoms with Gasteiger partial charge in [-0.1, -0.05) is 54.8 Å². The lowest BCUT2D eigenvalue weighted by molar-refractivity contribution is 0.189. The normalized spacial score (nSPS) is 17.9. The van der Waals surface area contributed by atoms with Crippen molar-refractivity contribution in [2.45, 2.75) is 52.5 Å². The molecule has 1 fully saturated rings. The molecular weight excluding hydrogens is 308 g/mol. The Bertz CT molecular complexity index is 736. The molecule has 1 aliphatic rings. The summed E-state index contributed by atoms with van der Waals surface area (Å²) in [6, 6.07) is 15.0. The summed E-state index contributed by atoms with van der Waals surface area (Å²) < 4.78 is 0. The molecule has 1 saturated heterocycles. The van der Waals surface area contributed by atoms with Crippen molar-refractivity contribution >= 4 is 11.7 Å². The van der Waals surface area contributed by atoms with Gasteiger partial charge in [0.2, 0.25) is 0 Å². The number of rotatable bonds is 2. The third kappa shape index (κ3) is 4.22. The van der Waals surface area contributed by atoms with Crippen molar-refractivity contribution in [1.82, 2.24) is 4.90 Å². The predicted molar refractivity (Wildman–Crippen MR) is 104 cm³/mol. The molecule has 1 atom stereocenters. The molecule has 1 aliphatic heterocycles. The molecule has 2 aromatic rings. The molecule has 3 rings (SSSR count). The fourth-order valence-electron chi connectivity index (χ4n) is 3.54. The van der Waals surface area contributed by atoms with Gasteiger partial charge in [0.1, 0.15) is 0 Å². The molecule has 2 amide bonds. The first kappa shape index (κ1) is 17.5. The average Bonchev–Trinajstić information content (AvgIpc) is 2.85. The highest BCUT2D eigenvalue weighted by Crippen LogP contribution is 2.31. The second-order valence-electron chi connectivity index (χ2n) is 7.22. The number of aryl methyl sites for hydroxylation is 3. The summed E-state index contributed by atoms with van der Waals surface area (Å²) in [6.07, 6.45) is 4.47. The van der Waals surface area contributed by atoms with Crippen LogP contribution in [0, 0.1) is 20.8 Å². The van der Waals surface area contributed by atoms with Crippen molar-refractivity contribution in [3.8, 4) is 0 Å². The molecule has 0 saturated carbocycles. The minimum atomic E-state index is 0.0150. The van der Waals surface area contributed by atoms with Crippen molar-refractivity contribution in [3.63, 3.8) is 0 Å². The van der Waals surface area contributed by atoms with Gasteiger partial charge in [-0.05, 0) is 56.4 Å². The van der Waals surface area contributed by atoms with Gasteiger partial charge in [-0.15, -0.1) is 0 Å². The molecule has 0 unspecified atom stereocenters. The van der Waals surface area contributed by atoms with Gasteiger partial charge in [-0.2, -0.15) is 0 Å². The maximum Gasteiger partial charge on any atom is 0.322 e. The quantitative estimate of drug-likeness (QED) is 0.743. The summed E-state index contributed by atoms with van der Waals surface area (Å²) in [5, 5.41) is 3.15. The number of anilines is 1. The lowest BCUT2D eigenvalue weighted by atomic mass is 10.00. The number of amides is 2. The third-order valence-electron chi connectivity index (χ3n) is 5.11. The second-order valence-corrected chi connectivity index (χ2v) is 7.22. The van der Waals surface area contributed by atoms with E-state index in [9.17, 15) is 4.79 Å². The Kier molecular flexibility index (Phi) is 5.42. The summed E-state index contributed by atoms with van der Waals surface area (Å²) >= 11 is 0. The van der Waals surface area contributed by atoms with Crippen LogP contribution >= 0.6 is 0 Å². The van der Waals surface area contributed by atoms with Crippen molar-refractivity contribution < 1.29 is 4.79 Å². The number of hydrogen-bond donors (Lipinski definition) is 1. The first-order valence-electron chi connectivity index (χ1n) is 9.26. The fourth-order valence-corrected chi connectivity index (χ4v) is 3.54. The number of nitrogens with one attached hydrogen (secondary N) is 1. The van der Waals surface area contributed by atoms with E-state index in [0.29, 0.717) is 0 Å². The van der Waals surface area contributed by atoms with Gasteiger partial charge in [0.05, 0.1) is 6.04 Å². The molecule has 2 aromatic carbocycles. The van der Waals surface area contributed by atoms with Crippen LogP contribution in [0.4, 0.5) is 10.5 Å². The SMILES string of the molecule is Cc1ccc([C@H]2CCCCCN2C(=O)Nc2cc(C)ccc2C)cc1. The van der Waals surface area contributed by atoms with Crippen LogP contribution in [0.25, 0.3) is 0 Å². The van der Waals surface area contributed by atoms with Crippen LogP contribution in [-0.2, 0) is 0 Å². The van der Waals surface area contributed by atoms with Crippen LogP contribution in [0.5, 0.6) is 0 Å². The van der Waals surface area contributed by atoms with E-state index in [0.717, 1.165) is 36.2 Å². The Morgan fingerprint density at radius 1 is 0.960 bits per heavy atom. The number of nitrogens with zero attached hydrogens (tertiary/aromatic N) is 1. The van der Waals surface area contributed by atoms with Crippen molar-refractivity contribution in [2.24, 2.45) is 0 Å². The van der Waals surface area contributed by atoms with E-state index in [1.54, 1.807) is 0 Å². The monoisotopic (exact) mass is 336 g/mol. The molecule has 3 heteroatoms. The molecule has 1 N–H and O–H groups in total. The first-order valence-corrected chi connectivity index (χ1v) is 9.26. The maximum absolute atomic E-state index is 13.0. The van der Waals surface area contributed by atoms with E-state index >= 15 is 0 Å². The Balaban J connectivity index is 1.84. The van der Waals surface area contributed by atoms with Crippen LogP contribution in [0.15, 0.2) is 42.5 Å². The second kappa shape index (κ2) is 7.73. The first-order chi connectivity index (χ1) is 12.0. The molecule has 1 heterocycles. The van der Waals surface area contributed by atoms with Crippen molar-refractivity contribution in [3.05, 3.63) is 64.7 Å². The van der Waals surface area contributed by atoms with Gasteiger partial charge in [0.15, 0.2) is 0 Å². The van der Waals surface area contributed by atoms with Gasteiger partial charge >= 0.3 is 6.03 Å². The molecule has 0 spiro atoms. The van der Waals surface area contributed by atoms with Gasteiger partial charge < -0.3 is 10.2 Å². The summed E-state index contributed by atoms with van der Waals surface area (Å²) in [5.41, 5.74) is 5.66. The molecule has 3 nitrogen and oxygen atoms in total. The van der Waals surface area contributed by atoms with E-state index in [2.05, 4.69) is 55.6 Å². The Hall–Kier alpha value is -2.29. The highest BCUT2D eigenvalue weighted by molar-refractivity contribution is 5.90.